The van der Waals surface area contributed by atoms with Crippen molar-refractivity contribution < 1.29 is 42.8 Å². The van der Waals surface area contributed by atoms with E-state index in [0.29, 0.717) is 50.6 Å². The molecule has 0 amide bonds. The van der Waals surface area contributed by atoms with Gasteiger partial charge < -0.3 is 28.4 Å². The number of nitrogens with zero attached hydrogens (tertiary/aromatic N) is 1. The average molecular weight is 590 g/mol. The van der Waals surface area contributed by atoms with Gasteiger partial charge in [-0.2, -0.15) is 0 Å². The third-order valence-electron chi connectivity index (χ3n) is 6.41. The van der Waals surface area contributed by atoms with Crippen molar-refractivity contribution in [2.75, 3.05) is 39.6 Å². The molecule has 2 aliphatic heterocycles. The first-order valence-electron chi connectivity index (χ1n) is 14.2. The molecule has 3 aromatic rings. The molecular formula is C33H35NO9. The van der Waals surface area contributed by atoms with Crippen molar-refractivity contribution in [3.05, 3.63) is 107 Å². The highest BCUT2D eigenvalue weighted by atomic mass is 16.7. The quantitative estimate of drug-likeness (QED) is 0.141. The zero-order valence-electron chi connectivity index (χ0n) is 24.2. The molecule has 2 fully saturated rings. The van der Waals surface area contributed by atoms with Gasteiger partial charge in [0, 0.05) is 35.0 Å². The van der Waals surface area contributed by atoms with Crippen LogP contribution in [0.3, 0.4) is 0 Å². The van der Waals surface area contributed by atoms with Gasteiger partial charge >= 0.3 is 11.9 Å². The molecule has 5 rings (SSSR count). The molecule has 226 valence electrons. The molecule has 0 aliphatic carbocycles. The fourth-order valence-electron chi connectivity index (χ4n) is 4.48. The Bertz CT molecular complexity index is 1390. The number of aromatic nitrogens is 1. The summed E-state index contributed by atoms with van der Waals surface area (Å²) >= 11 is 0. The largest absolute Gasteiger partial charge is 0.462 e. The van der Waals surface area contributed by atoms with Crippen LogP contribution >= 0.6 is 0 Å². The van der Waals surface area contributed by atoms with E-state index in [4.69, 9.17) is 28.4 Å². The van der Waals surface area contributed by atoms with Gasteiger partial charge in [-0.3, -0.25) is 9.78 Å². The summed E-state index contributed by atoms with van der Waals surface area (Å²) in [5.41, 5.74) is 3.82. The van der Waals surface area contributed by atoms with E-state index in [1.165, 1.54) is 0 Å². The summed E-state index contributed by atoms with van der Waals surface area (Å²) in [6, 6.07) is 20.1. The van der Waals surface area contributed by atoms with Crippen LogP contribution in [-0.2, 0) is 44.4 Å². The van der Waals surface area contributed by atoms with Crippen molar-refractivity contribution in [3.63, 3.8) is 0 Å². The number of hydrogen-bond donors (Lipinski definition) is 0. The van der Waals surface area contributed by atoms with Crippen molar-refractivity contribution in [2.24, 2.45) is 0 Å². The van der Waals surface area contributed by atoms with E-state index in [1.807, 2.05) is 48.5 Å². The van der Waals surface area contributed by atoms with E-state index in [-0.39, 0.29) is 18.1 Å². The van der Waals surface area contributed by atoms with Crippen LogP contribution in [-0.4, -0.2) is 62.3 Å². The van der Waals surface area contributed by atoms with Gasteiger partial charge in [0.25, 0.3) is 5.78 Å². The Morgan fingerprint density at radius 3 is 1.79 bits per heavy atom. The molecular weight excluding hydrogens is 554 g/mol. The van der Waals surface area contributed by atoms with E-state index < -0.39 is 24.3 Å². The lowest BCUT2D eigenvalue weighted by atomic mass is 9.98. The lowest BCUT2D eigenvalue weighted by Gasteiger charge is -2.16. The second-order valence-corrected chi connectivity index (χ2v) is 9.23. The van der Waals surface area contributed by atoms with Crippen LogP contribution in [0.2, 0.25) is 0 Å². The molecule has 10 heteroatoms. The number of ether oxygens (including phenoxy) is 6. The molecule has 1 aromatic heterocycles. The van der Waals surface area contributed by atoms with Crippen LogP contribution in [0.15, 0.2) is 79.0 Å². The lowest BCUT2D eigenvalue weighted by molar-refractivity contribution is -0.137. The molecule has 2 saturated heterocycles. The second kappa shape index (κ2) is 16.4. The molecule has 3 heterocycles. The number of hydrogen-bond acceptors (Lipinski definition) is 10. The molecule has 10 nitrogen and oxygen atoms in total. The Hall–Kier alpha value is -4.22. The van der Waals surface area contributed by atoms with Crippen LogP contribution in [0.4, 0.5) is 0 Å². The average Bonchev–Trinajstić information content (AvgIpc) is 3.78. The van der Waals surface area contributed by atoms with Crippen molar-refractivity contribution >= 4 is 23.3 Å². The number of Topliss-reactive ketones (excluding diaryl/α,β-unsaturated/α-hetero) is 1. The van der Waals surface area contributed by atoms with Crippen LogP contribution in [0, 0.1) is 0 Å². The zero-order valence-corrected chi connectivity index (χ0v) is 24.2. The Morgan fingerprint density at radius 2 is 1.23 bits per heavy atom. The molecule has 0 N–H and O–H groups in total. The first kappa shape index (κ1) is 31.7. The Morgan fingerprint density at radius 1 is 0.721 bits per heavy atom. The molecule has 0 spiro atoms. The number of ketones is 1. The summed E-state index contributed by atoms with van der Waals surface area (Å²) in [4.78, 5) is 40.2. The highest BCUT2D eigenvalue weighted by Crippen LogP contribution is 2.31. The molecule has 2 aromatic carbocycles. The Balaban J connectivity index is 0.000000208. The smallest absolute Gasteiger partial charge is 0.379 e. The third-order valence-corrected chi connectivity index (χ3v) is 6.41. The summed E-state index contributed by atoms with van der Waals surface area (Å²) in [5.74, 6) is -1.89. The zero-order chi connectivity index (χ0) is 30.4. The highest BCUT2D eigenvalue weighted by molar-refractivity contribution is 6.41. The fraction of sp³-hybridized carbons (Fsp3) is 0.333. The maximum absolute atomic E-state index is 12.5. The van der Waals surface area contributed by atoms with E-state index in [1.54, 1.807) is 44.3 Å². The number of rotatable bonds is 10. The molecule has 2 aliphatic rings. The predicted octanol–water partition coefficient (Wildman–Crippen LogP) is 4.79. The summed E-state index contributed by atoms with van der Waals surface area (Å²) in [6.45, 7) is 5.99. The normalized spacial score (nSPS) is 15.4. The van der Waals surface area contributed by atoms with Gasteiger partial charge in [0.05, 0.1) is 45.2 Å². The van der Waals surface area contributed by atoms with Gasteiger partial charge in [-0.15, -0.1) is 0 Å². The van der Waals surface area contributed by atoms with Crippen molar-refractivity contribution in [2.45, 2.75) is 32.8 Å². The number of carbonyl (C=O) groups excluding carboxylic acids is 3. The van der Waals surface area contributed by atoms with Crippen molar-refractivity contribution in [1.82, 2.24) is 4.98 Å². The predicted molar refractivity (Wildman–Crippen MR) is 156 cm³/mol. The number of pyridine rings is 1. The van der Waals surface area contributed by atoms with E-state index in [0.717, 1.165) is 16.8 Å². The van der Waals surface area contributed by atoms with Gasteiger partial charge in [0.15, 0.2) is 12.6 Å². The minimum Gasteiger partial charge on any atom is -0.462 e. The topological polar surface area (TPSA) is 119 Å². The Labute approximate surface area is 250 Å². The van der Waals surface area contributed by atoms with E-state index >= 15 is 0 Å². The monoisotopic (exact) mass is 589 g/mol. The van der Waals surface area contributed by atoms with Gasteiger partial charge in [-0.25, -0.2) is 9.59 Å². The number of carbonyl (C=O) groups is 3. The summed E-state index contributed by atoms with van der Waals surface area (Å²) < 4.78 is 31.9. The number of esters is 2. The first-order valence-corrected chi connectivity index (χ1v) is 14.2. The molecule has 0 saturated carbocycles. The van der Waals surface area contributed by atoms with Gasteiger partial charge in [-0.05, 0) is 31.5 Å². The SMILES string of the molecule is CCOC(=O)/C(=C\Cc1ccccn1)c1ccccc1C1OCCO1.CCOC(=O)C(=O)c1ccccc1C1OCCO1. The molecule has 0 atom stereocenters. The summed E-state index contributed by atoms with van der Waals surface area (Å²) in [7, 11) is 0. The van der Waals surface area contributed by atoms with E-state index in [9.17, 15) is 14.4 Å². The van der Waals surface area contributed by atoms with Crippen LogP contribution in [0.1, 0.15) is 59.2 Å². The molecule has 0 unspecified atom stereocenters. The fourth-order valence-corrected chi connectivity index (χ4v) is 4.48. The Kier molecular flexibility index (Phi) is 12.1. The molecule has 0 bridgehead atoms. The van der Waals surface area contributed by atoms with Crippen molar-refractivity contribution in [3.8, 4) is 0 Å². The highest BCUT2D eigenvalue weighted by Gasteiger charge is 2.27. The first-order chi connectivity index (χ1) is 21.0. The second-order valence-electron chi connectivity index (χ2n) is 9.23. The maximum atomic E-state index is 12.5. The standard InChI is InChI=1S/C20H21NO4.C13H14O5/c1-2-23-19(22)17(11-10-15-7-5-6-12-21-15)16-8-3-4-9-18(16)20-24-13-14-25-20;1-2-16-12(15)11(14)9-5-3-4-6-10(9)13-17-7-8-18-13/h3-9,11-12,20H,2,10,13-14H2,1H3;3-6,13H,2,7-8H2,1H3/b17-11-;. The molecule has 0 radical (unpaired) electrons. The number of benzene rings is 2. The summed E-state index contributed by atoms with van der Waals surface area (Å²) in [5, 5.41) is 0. The molecule has 43 heavy (non-hydrogen) atoms. The van der Waals surface area contributed by atoms with Crippen LogP contribution in [0.25, 0.3) is 5.57 Å². The van der Waals surface area contributed by atoms with Crippen LogP contribution in [0.5, 0.6) is 0 Å². The minimum atomic E-state index is -0.858. The lowest BCUT2D eigenvalue weighted by Crippen LogP contribution is -2.20. The van der Waals surface area contributed by atoms with Crippen LogP contribution < -0.4 is 0 Å². The van der Waals surface area contributed by atoms with Crippen molar-refractivity contribution in [1.29, 1.82) is 0 Å². The van der Waals surface area contributed by atoms with Gasteiger partial charge in [0.2, 0.25) is 0 Å². The summed E-state index contributed by atoms with van der Waals surface area (Å²) in [6.07, 6.45) is 3.09. The van der Waals surface area contributed by atoms with E-state index in [2.05, 4.69) is 4.98 Å². The third kappa shape index (κ3) is 8.65. The number of allylic oxidation sites excluding steroid dienone is 1. The van der Waals surface area contributed by atoms with Gasteiger partial charge in [0.1, 0.15) is 0 Å². The maximum Gasteiger partial charge on any atom is 0.379 e. The van der Waals surface area contributed by atoms with Gasteiger partial charge in [-0.1, -0.05) is 60.7 Å². The minimum absolute atomic E-state index is 0.170.